The maximum atomic E-state index is 12.9. The number of benzene rings is 1. The van der Waals surface area contributed by atoms with Gasteiger partial charge in [0.15, 0.2) is 6.04 Å². The molecule has 1 aliphatic rings. The van der Waals surface area contributed by atoms with Crippen LogP contribution in [0.3, 0.4) is 0 Å². The number of amides is 1. The molecule has 1 aliphatic heterocycles. The van der Waals surface area contributed by atoms with E-state index in [1.54, 1.807) is 5.38 Å². The minimum Gasteiger partial charge on any atom is -0.479 e. The number of hydrogen-bond acceptors (Lipinski definition) is 5. The van der Waals surface area contributed by atoms with Crippen LogP contribution in [-0.2, 0) is 11.2 Å². The summed E-state index contributed by atoms with van der Waals surface area (Å²) < 4.78 is 0. The Bertz CT molecular complexity index is 934. The summed E-state index contributed by atoms with van der Waals surface area (Å²) in [5.41, 5.74) is 2.34. The molecule has 8 heteroatoms. The zero-order valence-electron chi connectivity index (χ0n) is 13.0. The van der Waals surface area contributed by atoms with Crippen molar-refractivity contribution in [3.05, 3.63) is 59.1 Å². The number of carboxylic acid groups (broad SMARTS) is 1. The van der Waals surface area contributed by atoms with Crippen LogP contribution in [0.5, 0.6) is 0 Å². The molecule has 1 amide bonds. The number of rotatable bonds is 3. The molecule has 1 unspecified atom stereocenters. The third-order valence-corrected chi connectivity index (χ3v) is 5.06. The van der Waals surface area contributed by atoms with Crippen LogP contribution >= 0.6 is 11.3 Å². The number of aromatic amines is 1. The van der Waals surface area contributed by atoms with Crippen molar-refractivity contribution >= 4 is 23.2 Å². The minimum absolute atomic E-state index is 0.258. The summed E-state index contributed by atoms with van der Waals surface area (Å²) in [5, 5.41) is 12.0. The van der Waals surface area contributed by atoms with Gasteiger partial charge in [0.25, 0.3) is 5.91 Å². The van der Waals surface area contributed by atoms with Gasteiger partial charge in [-0.1, -0.05) is 30.3 Å². The molecule has 0 saturated heterocycles. The average molecular weight is 354 g/mol. The summed E-state index contributed by atoms with van der Waals surface area (Å²) in [7, 11) is 0. The first-order chi connectivity index (χ1) is 12.1. The predicted octanol–water partition coefficient (Wildman–Crippen LogP) is 2.36. The molecule has 0 spiro atoms. The molecular weight excluding hydrogens is 340 g/mol. The summed E-state index contributed by atoms with van der Waals surface area (Å²) in [6.07, 6.45) is 2.01. The molecule has 7 nitrogen and oxygen atoms in total. The van der Waals surface area contributed by atoms with Gasteiger partial charge in [0.1, 0.15) is 10.7 Å². The molecule has 3 aromatic rings. The number of imidazole rings is 1. The van der Waals surface area contributed by atoms with Gasteiger partial charge in [0.05, 0.1) is 12.0 Å². The number of nitrogens with zero attached hydrogens (tertiary/aromatic N) is 3. The summed E-state index contributed by atoms with van der Waals surface area (Å²) in [6.45, 7) is 0.309. The Hall–Kier alpha value is -3.00. The van der Waals surface area contributed by atoms with E-state index in [0.717, 1.165) is 16.3 Å². The Balaban J connectivity index is 1.65. The molecule has 3 heterocycles. The summed E-state index contributed by atoms with van der Waals surface area (Å²) in [4.78, 5) is 37.3. The number of nitrogens with one attached hydrogen (secondary N) is 1. The number of aliphatic carboxylic acids is 1. The molecule has 0 bridgehead atoms. The van der Waals surface area contributed by atoms with Crippen molar-refractivity contribution in [1.82, 2.24) is 19.9 Å². The highest BCUT2D eigenvalue weighted by Crippen LogP contribution is 2.30. The van der Waals surface area contributed by atoms with Crippen LogP contribution in [0.4, 0.5) is 0 Å². The number of carboxylic acids is 1. The van der Waals surface area contributed by atoms with Gasteiger partial charge in [-0.15, -0.1) is 11.3 Å². The van der Waals surface area contributed by atoms with E-state index in [-0.39, 0.29) is 11.6 Å². The van der Waals surface area contributed by atoms with E-state index in [0.29, 0.717) is 18.7 Å². The Kier molecular flexibility index (Phi) is 3.81. The second kappa shape index (κ2) is 6.14. The van der Waals surface area contributed by atoms with Gasteiger partial charge in [-0.05, 0) is 0 Å². The zero-order valence-corrected chi connectivity index (χ0v) is 13.9. The average Bonchev–Trinajstić information content (AvgIpc) is 3.30. The van der Waals surface area contributed by atoms with E-state index in [9.17, 15) is 14.7 Å². The summed E-state index contributed by atoms with van der Waals surface area (Å²) >= 11 is 1.36. The lowest BCUT2D eigenvalue weighted by molar-refractivity contribution is -0.143. The van der Waals surface area contributed by atoms with Crippen molar-refractivity contribution in [2.45, 2.75) is 12.5 Å². The number of carbonyl (C=O) groups excluding carboxylic acids is 1. The molecular formula is C17H14N4O3S. The highest BCUT2D eigenvalue weighted by molar-refractivity contribution is 7.13. The standard InChI is InChI=1S/C17H14N4O3S/c22-16(12-8-25-15(20-12)10-4-2-1-3-5-10)21-7-6-11-13(19-9-18-11)14(21)17(23)24/h1-5,8-9,14H,6-7H2,(H,18,19)(H,23,24). The number of aromatic nitrogens is 3. The summed E-state index contributed by atoms with van der Waals surface area (Å²) in [5.74, 6) is -1.49. The normalized spacial score (nSPS) is 16.5. The van der Waals surface area contributed by atoms with Crippen LogP contribution in [0, 0.1) is 0 Å². The van der Waals surface area contributed by atoms with Gasteiger partial charge in [-0.25, -0.2) is 14.8 Å². The number of thiazole rings is 1. The van der Waals surface area contributed by atoms with Crippen LogP contribution in [0.2, 0.25) is 0 Å². The van der Waals surface area contributed by atoms with Gasteiger partial charge in [0, 0.05) is 29.6 Å². The van der Waals surface area contributed by atoms with Crippen LogP contribution < -0.4 is 0 Å². The topological polar surface area (TPSA) is 99.2 Å². The quantitative estimate of drug-likeness (QED) is 0.752. The third kappa shape index (κ3) is 2.70. The summed E-state index contributed by atoms with van der Waals surface area (Å²) in [6, 6.07) is 8.47. The van der Waals surface area contributed by atoms with E-state index < -0.39 is 12.0 Å². The SMILES string of the molecule is O=C(O)C1c2nc[nH]c2CCN1C(=O)c1csc(-c2ccccc2)n1. The van der Waals surface area contributed by atoms with Crippen LogP contribution in [-0.4, -0.2) is 43.4 Å². The number of fused-ring (bicyclic) bond motifs is 1. The van der Waals surface area contributed by atoms with E-state index in [1.807, 2.05) is 30.3 Å². The molecule has 1 atom stereocenters. The van der Waals surface area contributed by atoms with Crippen molar-refractivity contribution in [3.8, 4) is 10.6 Å². The Morgan fingerprint density at radius 1 is 1.28 bits per heavy atom. The fraction of sp³-hybridized carbons (Fsp3) is 0.176. The first-order valence-electron chi connectivity index (χ1n) is 7.72. The number of hydrogen-bond donors (Lipinski definition) is 2. The lowest BCUT2D eigenvalue weighted by Crippen LogP contribution is -2.43. The number of H-pyrrole nitrogens is 1. The predicted molar refractivity (Wildman–Crippen MR) is 91.3 cm³/mol. The molecule has 2 N–H and O–H groups in total. The molecule has 25 heavy (non-hydrogen) atoms. The fourth-order valence-corrected chi connectivity index (χ4v) is 3.78. The van der Waals surface area contributed by atoms with Crippen LogP contribution in [0.25, 0.3) is 10.6 Å². The van der Waals surface area contributed by atoms with Crippen LogP contribution in [0.15, 0.2) is 42.0 Å². The van der Waals surface area contributed by atoms with Crippen LogP contribution in [0.1, 0.15) is 27.9 Å². The molecule has 2 aromatic heterocycles. The molecule has 4 rings (SSSR count). The van der Waals surface area contributed by atoms with E-state index >= 15 is 0 Å². The Morgan fingerprint density at radius 2 is 2.08 bits per heavy atom. The Morgan fingerprint density at radius 3 is 2.84 bits per heavy atom. The Labute approximate surface area is 147 Å². The van der Waals surface area contributed by atoms with Gasteiger partial charge in [0.2, 0.25) is 0 Å². The van der Waals surface area contributed by atoms with E-state index in [4.69, 9.17) is 0 Å². The molecule has 0 saturated carbocycles. The first-order valence-corrected chi connectivity index (χ1v) is 8.60. The monoisotopic (exact) mass is 354 g/mol. The van der Waals surface area contributed by atoms with Crippen molar-refractivity contribution < 1.29 is 14.7 Å². The maximum Gasteiger partial charge on any atom is 0.332 e. The molecule has 1 aromatic carbocycles. The second-order valence-electron chi connectivity index (χ2n) is 5.66. The van der Waals surface area contributed by atoms with Crippen molar-refractivity contribution in [3.63, 3.8) is 0 Å². The van der Waals surface area contributed by atoms with Crippen molar-refractivity contribution in [1.29, 1.82) is 0 Å². The third-order valence-electron chi connectivity index (χ3n) is 4.16. The van der Waals surface area contributed by atoms with Gasteiger partial charge in [-0.2, -0.15) is 0 Å². The number of carbonyl (C=O) groups is 2. The molecule has 126 valence electrons. The van der Waals surface area contributed by atoms with E-state index in [1.165, 1.54) is 22.6 Å². The van der Waals surface area contributed by atoms with Gasteiger partial charge < -0.3 is 15.0 Å². The molecule has 0 aliphatic carbocycles. The first kappa shape index (κ1) is 15.5. The fourth-order valence-electron chi connectivity index (χ4n) is 2.98. The highest BCUT2D eigenvalue weighted by atomic mass is 32.1. The second-order valence-corrected chi connectivity index (χ2v) is 6.52. The largest absolute Gasteiger partial charge is 0.479 e. The lowest BCUT2D eigenvalue weighted by atomic mass is 10.0. The van der Waals surface area contributed by atoms with Gasteiger partial charge in [-0.3, -0.25) is 4.79 Å². The lowest BCUT2D eigenvalue weighted by Gasteiger charge is -2.31. The van der Waals surface area contributed by atoms with Crippen molar-refractivity contribution in [2.75, 3.05) is 6.54 Å². The highest BCUT2D eigenvalue weighted by Gasteiger charge is 2.38. The smallest absolute Gasteiger partial charge is 0.332 e. The zero-order chi connectivity index (χ0) is 17.4. The van der Waals surface area contributed by atoms with E-state index in [2.05, 4.69) is 15.0 Å². The molecule has 0 radical (unpaired) electrons. The van der Waals surface area contributed by atoms with Crippen molar-refractivity contribution in [2.24, 2.45) is 0 Å². The van der Waals surface area contributed by atoms with Gasteiger partial charge >= 0.3 is 5.97 Å². The maximum absolute atomic E-state index is 12.9. The minimum atomic E-state index is -1.10. The molecule has 0 fully saturated rings.